The average Bonchev–Trinajstić information content (AvgIpc) is 3.32. The van der Waals surface area contributed by atoms with E-state index in [1.165, 1.54) is 11.9 Å². The summed E-state index contributed by atoms with van der Waals surface area (Å²) in [5, 5.41) is 10.1. The number of piperidine rings is 1. The molecule has 9 heteroatoms. The number of furan rings is 1. The van der Waals surface area contributed by atoms with Gasteiger partial charge in [-0.2, -0.15) is 0 Å². The van der Waals surface area contributed by atoms with Gasteiger partial charge in [0.1, 0.15) is 5.58 Å². The minimum atomic E-state index is -2.71. The molecule has 0 bridgehead atoms. The number of hydrogen-bond donors (Lipinski definition) is 1. The molecular formula is C27H23F2N3O4. The number of anilines is 1. The van der Waals surface area contributed by atoms with E-state index in [0.29, 0.717) is 11.1 Å². The first-order valence-electron chi connectivity index (χ1n) is 11.4. The molecule has 2 aromatic carbocycles. The van der Waals surface area contributed by atoms with Gasteiger partial charge in [-0.3, -0.25) is 14.7 Å². The Morgan fingerprint density at radius 1 is 0.972 bits per heavy atom. The van der Waals surface area contributed by atoms with Crippen molar-refractivity contribution >= 4 is 28.9 Å². The Labute approximate surface area is 205 Å². The van der Waals surface area contributed by atoms with Gasteiger partial charge in [-0.05, 0) is 53.1 Å². The van der Waals surface area contributed by atoms with Crippen LogP contribution >= 0.6 is 0 Å². The van der Waals surface area contributed by atoms with Crippen LogP contribution in [0.25, 0.3) is 33.2 Å². The molecule has 4 aromatic rings. The van der Waals surface area contributed by atoms with Crippen LogP contribution in [0.5, 0.6) is 0 Å². The quantitative estimate of drug-likeness (QED) is 0.370. The smallest absolute Gasteiger partial charge is 0.413 e. The Kier molecular flexibility index (Phi) is 5.91. The highest BCUT2D eigenvalue weighted by molar-refractivity contribution is 6.00. The molecule has 0 spiro atoms. The first kappa shape index (κ1) is 23.5. The molecule has 5 rings (SSSR count). The largest absolute Gasteiger partial charge is 0.465 e. The second-order valence-corrected chi connectivity index (χ2v) is 8.83. The fourth-order valence-corrected chi connectivity index (χ4v) is 4.34. The van der Waals surface area contributed by atoms with E-state index in [2.05, 4.69) is 4.98 Å². The highest BCUT2D eigenvalue weighted by Crippen LogP contribution is 2.38. The molecule has 2 aromatic heterocycles. The van der Waals surface area contributed by atoms with Crippen molar-refractivity contribution in [2.24, 2.45) is 0 Å². The molecule has 0 radical (unpaired) electrons. The van der Waals surface area contributed by atoms with Crippen molar-refractivity contribution in [3.05, 3.63) is 72.6 Å². The molecule has 0 aliphatic carbocycles. The van der Waals surface area contributed by atoms with Crippen LogP contribution in [0.1, 0.15) is 23.2 Å². The van der Waals surface area contributed by atoms with Crippen molar-refractivity contribution in [1.29, 1.82) is 0 Å². The Bertz CT molecular complexity index is 1420. The molecule has 0 atom stereocenters. The molecule has 1 saturated heterocycles. The number of amides is 2. The van der Waals surface area contributed by atoms with Gasteiger partial charge in [-0.25, -0.2) is 13.6 Å². The molecule has 1 fully saturated rings. The Morgan fingerprint density at radius 3 is 2.28 bits per heavy atom. The lowest BCUT2D eigenvalue weighted by atomic mass is 9.96. The van der Waals surface area contributed by atoms with E-state index in [1.54, 1.807) is 30.6 Å². The van der Waals surface area contributed by atoms with Gasteiger partial charge < -0.3 is 14.4 Å². The Hall–Kier alpha value is -4.27. The zero-order valence-corrected chi connectivity index (χ0v) is 19.4. The van der Waals surface area contributed by atoms with Crippen LogP contribution in [0, 0.1) is 0 Å². The summed E-state index contributed by atoms with van der Waals surface area (Å²) in [5.41, 5.74) is 4.28. The maximum absolute atomic E-state index is 13.5. The summed E-state index contributed by atoms with van der Waals surface area (Å²) in [6.07, 6.45) is 1.55. The SMILES string of the molecule is CN(C(=O)O)c1cc2cc(-c3ccc(C(=O)N4CCC(F)(F)CC4)cc3)cc(-c3ccncc3)c2o1. The van der Waals surface area contributed by atoms with Crippen LogP contribution in [0.2, 0.25) is 0 Å². The third kappa shape index (κ3) is 4.51. The predicted molar refractivity (Wildman–Crippen MR) is 131 cm³/mol. The van der Waals surface area contributed by atoms with Gasteiger partial charge in [0.2, 0.25) is 5.88 Å². The summed E-state index contributed by atoms with van der Waals surface area (Å²) >= 11 is 0. The number of alkyl halides is 2. The molecule has 2 amide bonds. The van der Waals surface area contributed by atoms with Gasteiger partial charge >= 0.3 is 6.09 Å². The topological polar surface area (TPSA) is 86.9 Å². The monoisotopic (exact) mass is 491 g/mol. The number of pyridine rings is 1. The summed E-state index contributed by atoms with van der Waals surface area (Å²) in [4.78, 5) is 30.8. The van der Waals surface area contributed by atoms with E-state index in [-0.39, 0.29) is 37.7 Å². The minimum absolute atomic E-state index is 0.0349. The minimum Gasteiger partial charge on any atom is -0.465 e. The van der Waals surface area contributed by atoms with Crippen LogP contribution in [0.3, 0.4) is 0 Å². The lowest BCUT2D eigenvalue weighted by Crippen LogP contribution is -2.42. The zero-order valence-electron chi connectivity index (χ0n) is 19.4. The Morgan fingerprint density at radius 2 is 1.64 bits per heavy atom. The fraction of sp³-hybridized carbons (Fsp3) is 0.222. The number of likely N-dealkylation sites (tertiary alicyclic amines) is 1. The second-order valence-electron chi connectivity index (χ2n) is 8.83. The summed E-state index contributed by atoms with van der Waals surface area (Å²) < 4.78 is 32.8. The molecule has 184 valence electrons. The van der Waals surface area contributed by atoms with Gasteiger partial charge in [0, 0.05) is 68.0 Å². The van der Waals surface area contributed by atoms with E-state index in [9.17, 15) is 23.5 Å². The molecule has 0 unspecified atom stereocenters. The number of rotatable bonds is 4. The Balaban J connectivity index is 1.50. The van der Waals surface area contributed by atoms with Crippen LogP contribution in [0.4, 0.5) is 19.5 Å². The van der Waals surface area contributed by atoms with Crippen LogP contribution < -0.4 is 4.90 Å². The first-order chi connectivity index (χ1) is 17.2. The maximum atomic E-state index is 13.5. The molecule has 7 nitrogen and oxygen atoms in total. The van der Waals surface area contributed by atoms with Crippen molar-refractivity contribution in [3.63, 3.8) is 0 Å². The molecule has 36 heavy (non-hydrogen) atoms. The van der Waals surface area contributed by atoms with E-state index in [4.69, 9.17) is 4.42 Å². The third-order valence-corrected chi connectivity index (χ3v) is 6.46. The standard InChI is InChI=1S/C27H23F2N3O4/c1-31(26(34)35)23-16-21-14-20(15-22(24(21)36-23)18-6-10-30-11-7-18)17-2-4-19(5-3-17)25(33)32-12-8-27(28,29)9-13-32/h2-7,10-11,14-16H,8-9,12-13H2,1H3,(H,34,35). The van der Waals surface area contributed by atoms with Gasteiger partial charge in [0.25, 0.3) is 11.8 Å². The van der Waals surface area contributed by atoms with Crippen LogP contribution in [-0.2, 0) is 0 Å². The maximum Gasteiger partial charge on any atom is 0.413 e. The molecular weight excluding hydrogens is 468 g/mol. The average molecular weight is 491 g/mol. The lowest BCUT2D eigenvalue weighted by molar-refractivity contribution is -0.0494. The number of carboxylic acid groups (broad SMARTS) is 1. The van der Waals surface area contributed by atoms with E-state index in [0.717, 1.165) is 32.5 Å². The number of halogens is 2. The number of benzene rings is 2. The molecule has 1 N–H and O–H groups in total. The van der Waals surface area contributed by atoms with E-state index >= 15 is 0 Å². The van der Waals surface area contributed by atoms with Crippen molar-refractivity contribution in [2.75, 3.05) is 25.0 Å². The van der Waals surface area contributed by atoms with Crippen molar-refractivity contribution in [3.8, 4) is 22.3 Å². The molecule has 1 aliphatic heterocycles. The van der Waals surface area contributed by atoms with E-state index < -0.39 is 12.0 Å². The number of carbonyl (C=O) groups excluding carboxylic acids is 1. The van der Waals surface area contributed by atoms with Gasteiger partial charge in [-0.1, -0.05) is 12.1 Å². The lowest BCUT2D eigenvalue weighted by Gasteiger charge is -2.31. The van der Waals surface area contributed by atoms with Crippen molar-refractivity contribution < 1.29 is 27.9 Å². The second kappa shape index (κ2) is 9.07. The van der Waals surface area contributed by atoms with Crippen LogP contribution in [0.15, 0.2) is 71.4 Å². The summed E-state index contributed by atoms with van der Waals surface area (Å²) in [7, 11) is 1.41. The van der Waals surface area contributed by atoms with Gasteiger partial charge in [0.05, 0.1) is 0 Å². The van der Waals surface area contributed by atoms with Gasteiger partial charge in [0.15, 0.2) is 0 Å². The molecule has 1 aliphatic rings. The van der Waals surface area contributed by atoms with Crippen LogP contribution in [-0.4, -0.2) is 53.1 Å². The number of nitrogens with zero attached hydrogens (tertiary/aromatic N) is 3. The van der Waals surface area contributed by atoms with Crippen molar-refractivity contribution in [2.45, 2.75) is 18.8 Å². The predicted octanol–water partition coefficient (Wildman–Crippen LogP) is 6.15. The highest BCUT2D eigenvalue weighted by atomic mass is 19.3. The van der Waals surface area contributed by atoms with Gasteiger partial charge in [-0.15, -0.1) is 0 Å². The number of hydrogen-bond acceptors (Lipinski definition) is 4. The summed E-state index contributed by atoms with van der Waals surface area (Å²) in [5.74, 6) is -2.78. The third-order valence-electron chi connectivity index (χ3n) is 6.46. The number of aromatic nitrogens is 1. The highest BCUT2D eigenvalue weighted by Gasteiger charge is 2.35. The zero-order chi connectivity index (χ0) is 25.4. The number of carbonyl (C=O) groups is 2. The number of fused-ring (bicyclic) bond motifs is 1. The molecule has 0 saturated carbocycles. The first-order valence-corrected chi connectivity index (χ1v) is 11.4. The fourth-order valence-electron chi connectivity index (χ4n) is 4.34. The summed E-state index contributed by atoms with van der Waals surface area (Å²) in [6.45, 7) is 0.0698. The van der Waals surface area contributed by atoms with E-state index in [1.807, 2.05) is 36.4 Å². The summed E-state index contributed by atoms with van der Waals surface area (Å²) in [6, 6.07) is 16.2. The normalized spacial score (nSPS) is 15.1. The van der Waals surface area contributed by atoms with Crippen molar-refractivity contribution in [1.82, 2.24) is 9.88 Å². The molecule has 3 heterocycles.